The van der Waals surface area contributed by atoms with Crippen molar-refractivity contribution in [1.29, 1.82) is 0 Å². The molecule has 2 aliphatic carbocycles. The first-order valence-electron chi connectivity index (χ1n) is 17.3. The Balaban J connectivity index is 1.25. The quantitative estimate of drug-likeness (QED) is 0.0903. The van der Waals surface area contributed by atoms with Gasteiger partial charge in [-0.3, -0.25) is 14.5 Å². The summed E-state index contributed by atoms with van der Waals surface area (Å²) >= 11 is 7.05. The van der Waals surface area contributed by atoms with Crippen molar-refractivity contribution in [3.05, 3.63) is 40.5 Å². The van der Waals surface area contributed by atoms with Gasteiger partial charge in [-0.2, -0.15) is 0 Å². The van der Waals surface area contributed by atoms with Gasteiger partial charge < -0.3 is 34.4 Å². The number of thiocarbonyl (C=S) groups is 1. The van der Waals surface area contributed by atoms with Crippen LogP contribution in [-0.4, -0.2) is 71.6 Å². The first-order valence-corrected chi connectivity index (χ1v) is 18.6. The average Bonchev–Trinajstić information content (AvgIpc) is 3.85. The van der Waals surface area contributed by atoms with Gasteiger partial charge in [0.1, 0.15) is 39.0 Å². The van der Waals surface area contributed by atoms with Crippen LogP contribution in [0.5, 0.6) is 11.5 Å². The highest BCUT2D eigenvalue weighted by Crippen LogP contribution is 2.49. The Labute approximate surface area is 308 Å². The number of nitrogens with two attached hydrogens (primary N) is 1. The SMILES string of the molecule is COc1ccc(-c2cc(CCCCCOC(=O)[C@H](CC(N)=O)NC(=O)OC(C)(C)C)c(/C=C3\SC(=S)N([C@H]4C[C@H]5CC[C@H]4C5)C3=O)o2)c(OC)c1. The van der Waals surface area contributed by atoms with E-state index in [4.69, 9.17) is 41.3 Å². The molecule has 5 rings (SSSR count). The molecule has 1 aliphatic heterocycles. The summed E-state index contributed by atoms with van der Waals surface area (Å²) in [4.78, 5) is 52.5. The molecule has 51 heavy (non-hydrogen) atoms. The zero-order chi connectivity index (χ0) is 36.9. The molecule has 2 bridgehead atoms. The van der Waals surface area contributed by atoms with Crippen molar-refractivity contribution in [2.24, 2.45) is 17.6 Å². The molecule has 3 fully saturated rings. The summed E-state index contributed by atoms with van der Waals surface area (Å²) < 4.78 is 28.6. The lowest BCUT2D eigenvalue weighted by Gasteiger charge is -2.30. The fourth-order valence-corrected chi connectivity index (χ4v) is 8.36. The van der Waals surface area contributed by atoms with Gasteiger partial charge in [-0.25, -0.2) is 9.59 Å². The van der Waals surface area contributed by atoms with E-state index in [1.165, 1.54) is 24.6 Å². The molecule has 1 aromatic heterocycles. The maximum absolute atomic E-state index is 13.7. The van der Waals surface area contributed by atoms with Gasteiger partial charge >= 0.3 is 12.1 Å². The predicted molar refractivity (Wildman–Crippen MR) is 197 cm³/mol. The number of carbonyl (C=O) groups is 4. The van der Waals surface area contributed by atoms with E-state index in [0.717, 1.165) is 30.4 Å². The van der Waals surface area contributed by atoms with Gasteiger partial charge in [0, 0.05) is 18.2 Å². The highest BCUT2D eigenvalue weighted by Gasteiger charge is 2.48. The largest absolute Gasteiger partial charge is 0.497 e. The van der Waals surface area contributed by atoms with E-state index in [0.29, 0.717) is 63.3 Å². The van der Waals surface area contributed by atoms with Gasteiger partial charge in [-0.15, -0.1) is 0 Å². The van der Waals surface area contributed by atoms with Crippen LogP contribution in [0.25, 0.3) is 17.4 Å². The van der Waals surface area contributed by atoms with Crippen LogP contribution in [0, 0.1) is 11.8 Å². The van der Waals surface area contributed by atoms with E-state index in [-0.39, 0.29) is 18.6 Å². The maximum Gasteiger partial charge on any atom is 0.408 e. The number of rotatable bonds is 15. The average molecular weight is 742 g/mol. The molecular weight excluding hydrogens is 695 g/mol. The summed E-state index contributed by atoms with van der Waals surface area (Å²) in [6.45, 7) is 5.14. The number of amides is 3. The number of unbranched alkanes of at least 4 members (excludes halogenated alkanes) is 2. The van der Waals surface area contributed by atoms with Gasteiger partial charge in [0.25, 0.3) is 5.91 Å². The second-order valence-corrected chi connectivity index (χ2v) is 15.9. The fourth-order valence-electron chi connectivity index (χ4n) is 7.02. The number of methoxy groups -OCH3 is 2. The van der Waals surface area contributed by atoms with Crippen molar-refractivity contribution in [2.75, 3.05) is 20.8 Å². The van der Waals surface area contributed by atoms with Crippen LogP contribution >= 0.6 is 24.0 Å². The smallest absolute Gasteiger partial charge is 0.408 e. The van der Waals surface area contributed by atoms with Crippen LogP contribution in [0.3, 0.4) is 0 Å². The number of carbonyl (C=O) groups excluding carboxylic acids is 4. The first-order chi connectivity index (χ1) is 24.3. The normalized spacial score (nSPS) is 21.2. The molecule has 3 amide bonds. The summed E-state index contributed by atoms with van der Waals surface area (Å²) in [5.74, 6) is 2.00. The minimum atomic E-state index is -1.25. The second kappa shape index (κ2) is 16.5. The third-order valence-electron chi connectivity index (χ3n) is 9.35. The molecule has 2 aromatic rings. The predicted octanol–water partition coefficient (Wildman–Crippen LogP) is 6.38. The number of primary amides is 1. The molecule has 12 nitrogen and oxygen atoms in total. The van der Waals surface area contributed by atoms with Crippen molar-refractivity contribution < 1.29 is 42.5 Å². The third kappa shape index (κ3) is 9.65. The zero-order valence-corrected chi connectivity index (χ0v) is 31.4. The summed E-state index contributed by atoms with van der Waals surface area (Å²) in [7, 11) is 3.17. The molecule has 2 saturated carbocycles. The minimum Gasteiger partial charge on any atom is -0.497 e. The number of esters is 1. The van der Waals surface area contributed by atoms with Crippen LogP contribution in [-0.2, 0) is 30.3 Å². The summed E-state index contributed by atoms with van der Waals surface area (Å²) in [6, 6.07) is 6.37. The van der Waals surface area contributed by atoms with E-state index in [2.05, 4.69) is 5.32 Å². The van der Waals surface area contributed by atoms with Gasteiger partial charge in [0.05, 0.1) is 37.7 Å². The number of thioether (sulfide) groups is 1. The van der Waals surface area contributed by atoms with Crippen molar-refractivity contribution >= 4 is 58.3 Å². The van der Waals surface area contributed by atoms with Crippen LogP contribution in [0.1, 0.15) is 83.5 Å². The van der Waals surface area contributed by atoms with Crippen molar-refractivity contribution in [2.45, 2.75) is 96.2 Å². The maximum atomic E-state index is 13.7. The molecule has 276 valence electrons. The summed E-state index contributed by atoms with van der Waals surface area (Å²) in [5.41, 5.74) is 6.15. The Morgan fingerprint density at radius 2 is 1.90 bits per heavy atom. The Morgan fingerprint density at radius 3 is 2.55 bits per heavy atom. The fraction of sp³-hybridized carbons (Fsp3) is 0.541. The Kier molecular flexibility index (Phi) is 12.4. The lowest BCUT2D eigenvalue weighted by atomic mass is 9.94. The molecular formula is C37H47N3O9S2. The molecule has 0 unspecified atom stereocenters. The molecule has 1 saturated heterocycles. The molecule has 3 N–H and O–H groups in total. The second-order valence-electron chi connectivity index (χ2n) is 14.2. The molecule has 4 atom stereocenters. The van der Waals surface area contributed by atoms with E-state index in [1.54, 1.807) is 47.1 Å². The number of hydrogen-bond acceptors (Lipinski definition) is 11. The number of fused-ring (bicyclic) bond motifs is 2. The zero-order valence-electron chi connectivity index (χ0n) is 29.8. The number of furan rings is 1. The Morgan fingerprint density at radius 1 is 1.12 bits per heavy atom. The lowest BCUT2D eigenvalue weighted by Crippen LogP contribution is -2.46. The van der Waals surface area contributed by atoms with E-state index >= 15 is 0 Å². The topological polar surface area (TPSA) is 160 Å². The van der Waals surface area contributed by atoms with Crippen molar-refractivity contribution in [1.82, 2.24) is 10.2 Å². The Hall–Kier alpha value is -4.04. The molecule has 0 spiro atoms. The van der Waals surface area contributed by atoms with Crippen LogP contribution in [0.4, 0.5) is 4.79 Å². The van der Waals surface area contributed by atoms with Crippen LogP contribution in [0.2, 0.25) is 0 Å². The molecule has 2 heterocycles. The van der Waals surface area contributed by atoms with Gasteiger partial charge in [0.2, 0.25) is 5.91 Å². The molecule has 0 radical (unpaired) electrons. The van der Waals surface area contributed by atoms with E-state index in [9.17, 15) is 19.2 Å². The number of nitrogens with one attached hydrogen (secondary N) is 1. The van der Waals surface area contributed by atoms with Gasteiger partial charge in [0.15, 0.2) is 0 Å². The van der Waals surface area contributed by atoms with Crippen molar-refractivity contribution in [3.8, 4) is 22.8 Å². The van der Waals surface area contributed by atoms with E-state index in [1.807, 2.05) is 23.1 Å². The van der Waals surface area contributed by atoms with Crippen LogP contribution in [0.15, 0.2) is 33.6 Å². The van der Waals surface area contributed by atoms with Gasteiger partial charge in [-0.1, -0.05) is 30.4 Å². The monoisotopic (exact) mass is 741 g/mol. The summed E-state index contributed by atoms with van der Waals surface area (Å²) in [5, 5.41) is 2.37. The Bertz CT molecular complexity index is 1680. The standard InChI is InChI=1S/C37H47N3O9S2/c1-37(2,3)49-35(44)39-26(19-32(38)41)34(43)47-14-8-6-7-9-23-17-30(25-13-12-24(45-4)18-29(25)46-5)48-28(23)20-31-33(42)40(36(50)51-31)27-16-21-10-11-22(27)15-21/h12-13,17-18,20-22,26-27H,6-11,14-16,19H2,1-5H3,(H2,38,41)(H,39,44)/b31-20-/t21-,22-,26-,27-/m0/s1. The number of ether oxygens (including phenoxy) is 4. The van der Waals surface area contributed by atoms with E-state index < -0.39 is 36.0 Å². The first kappa shape index (κ1) is 38.2. The molecule has 14 heteroatoms. The lowest BCUT2D eigenvalue weighted by molar-refractivity contribution is -0.147. The van der Waals surface area contributed by atoms with Crippen molar-refractivity contribution in [3.63, 3.8) is 0 Å². The number of hydrogen-bond donors (Lipinski definition) is 2. The summed E-state index contributed by atoms with van der Waals surface area (Å²) in [6.07, 6.45) is 7.71. The number of benzene rings is 1. The molecule has 1 aromatic carbocycles. The molecule has 3 aliphatic rings. The minimum absolute atomic E-state index is 0.0638. The number of nitrogens with zero attached hydrogens (tertiary/aromatic N) is 1. The third-order valence-corrected chi connectivity index (χ3v) is 10.7. The van der Waals surface area contributed by atoms with Crippen LogP contribution < -0.4 is 20.5 Å². The number of alkyl carbamates (subject to hydrolysis) is 1. The highest BCUT2D eigenvalue weighted by molar-refractivity contribution is 8.26. The highest BCUT2D eigenvalue weighted by atomic mass is 32.2. The number of aryl methyl sites for hydroxylation is 1. The van der Waals surface area contributed by atoms with Gasteiger partial charge in [-0.05, 0) is 101 Å².